The SMILES string of the molecule is CCc1cnc2cc(F)cnc2c1C. The van der Waals surface area contributed by atoms with Gasteiger partial charge in [-0.05, 0) is 24.5 Å². The predicted octanol–water partition coefficient (Wildman–Crippen LogP) is 2.64. The van der Waals surface area contributed by atoms with Crippen LogP contribution in [0.5, 0.6) is 0 Å². The van der Waals surface area contributed by atoms with Gasteiger partial charge in [0.1, 0.15) is 5.82 Å². The second-order valence-electron chi connectivity index (χ2n) is 3.28. The van der Waals surface area contributed by atoms with Gasteiger partial charge in [-0.15, -0.1) is 0 Å². The summed E-state index contributed by atoms with van der Waals surface area (Å²) in [4.78, 5) is 8.22. The Kier molecular flexibility index (Phi) is 2.15. The summed E-state index contributed by atoms with van der Waals surface area (Å²) < 4.78 is 12.8. The third-order valence-corrected chi connectivity index (χ3v) is 2.41. The molecule has 0 N–H and O–H groups in total. The summed E-state index contributed by atoms with van der Waals surface area (Å²) in [5, 5.41) is 0. The van der Waals surface area contributed by atoms with Gasteiger partial charge in [0.15, 0.2) is 0 Å². The molecule has 2 rings (SSSR count). The molecule has 0 saturated carbocycles. The van der Waals surface area contributed by atoms with E-state index in [9.17, 15) is 4.39 Å². The highest BCUT2D eigenvalue weighted by molar-refractivity contribution is 5.78. The van der Waals surface area contributed by atoms with Crippen LogP contribution in [-0.4, -0.2) is 9.97 Å². The maximum absolute atomic E-state index is 12.8. The number of halogens is 1. The molecule has 0 fully saturated rings. The minimum atomic E-state index is -0.339. The number of aryl methyl sites for hydroxylation is 2. The fourth-order valence-electron chi connectivity index (χ4n) is 1.57. The van der Waals surface area contributed by atoms with Gasteiger partial charge in [0, 0.05) is 12.3 Å². The normalized spacial score (nSPS) is 10.8. The maximum Gasteiger partial charge on any atom is 0.143 e. The lowest BCUT2D eigenvalue weighted by molar-refractivity contribution is 0.623. The van der Waals surface area contributed by atoms with Gasteiger partial charge in [0.2, 0.25) is 0 Å². The van der Waals surface area contributed by atoms with E-state index in [0.29, 0.717) is 5.52 Å². The van der Waals surface area contributed by atoms with Crippen molar-refractivity contribution in [2.75, 3.05) is 0 Å². The number of hydrogen-bond acceptors (Lipinski definition) is 2. The van der Waals surface area contributed by atoms with Crippen molar-refractivity contribution in [1.29, 1.82) is 0 Å². The highest BCUT2D eigenvalue weighted by Crippen LogP contribution is 2.18. The van der Waals surface area contributed by atoms with Crippen molar-refractivity contribution in [2.24, 2.45) is 0 Å². The number of nitrogens with zero attached hydrogens (tertiary/aromatic N) is 2. The van der Waals surface area contributed by atoms with Crippen LogP contribution < -0.4 is 0 Å². The first-order valence-electron chi connectivity index (χ1n) is 4.62. The predicted molar refractivity (Wildman–Crippen MR) is 53.6 cm³/mol. The molecular weight excluding hydrogens is 179 g/mol. The van der Waals surface area contributed by atoms with Gasteiger partial charge >= 0.3 is 0 Å². The Morgan fingerprint density at radius 3 is 2.79 bits per heavy atom. The lowest BCUT2D eigenvalue weighted by atomic mass is 10.1. The Morgan fingerprint density at radius 2 is 2.07 bits per heavy atom. The molecule has 0 bridgehead atoms. The molecule has 0 atom stereocenters. The summed E-state index contributed by atoms with van der Waals surface area (Å²) in [5.41, 5.74) is 3.68. The smallest absolute Gasteiger partial charge is 0.143 e. The fraction of sp³-hybridized carbons (Fsp3) is 0.273. The highest BCUT2D eigenvalue weighted by Gasteiger charge is 2.05. The van der Waals surface area contributed by atoms with Crippen LogP contribution in [0.3, 0.4) is 0 Å². The molecule has 0 unspecified atom stereocenters. The lowest BCUT2D eigenvalue weighted by Gasteiger charge is -2.05. The van der Waals surface area contributed by atoms with Gasteiger partial charge in [-0.25, -0.2) is 4.39 Å². The standard InChI is InChI=1S/C11H11FN2/c1-3-8-5-13-10-4-9(12)6-14-11(10)7(8)2/h4-6H,3H2,1-2H3. The highest BCUT2D eigenvalue weighted by atomic mass is 19.1. The molecule has 2 nitrogen and oxygen atoms in total. The Bertz CT molecular complexity index is 480. The molecular formula is C11H11FN2. The second kappa shape index (κ2) is 3.33. The number of pyridine rings is 2. The first-order valence-corrected chi connectivity index (χ1v) is 4.62. The Labute approximate surface area is 81.8 Å². The molecule has 0 amide bonds. The molecule has 0 radical (unpaired) electrons. The molecule has 0 saturated heterocycles. The molecule has 0 spiro atoms. The molecule has 0 aliphatic carbocycles. The Balaban J connectivity index is 2.77. The molecule has 0 aliphatic heterocycles. The Morgan fingerprint density at radius 1 is 1.29 bits per heavy atom. The summed E-state index contributed by atoms with van der Waals surface area (Å²) in [6.07, 6.45) is 3.95. The maximum atomic E-state index is 12.8. The molecule has 3 heteroatoms. The molecule has 0 aliphatic rings. The van der Waals surface area contributed by atoms with Crippen LogP contribution in [0.25, 0.3) is 11.0 Å². The van der Waals surface area contributed by atoms with Crippen LogP contribution in [0.2, 0.25) is 0 Å². The fourth-order valence-corrected chi connectivity index (χ4v) is 1.57. The van der Waals surface area contributed by atoms with E-state index in [1.54, 1.807) is 6.20 Å². The first-order chi connectivity index (χ1) is 6.72. The topological polar surface area (TPSA) is 25.8 Å². The summed E-state index contributed by atoms with van der Waals surface area (Å²) >= 11 is 0. The zero-order valence-electron chi connectivity index (χ0n) is 8.21. The molecule has 2 aromatic rings. The van der Waals surface area contributed by atoms with Crippen molar-refractivity contribution in [1.82, 2.24) is 9.97 Å². The van der Waals surface area contributed by atoms with Crippen LogP contribution in [0.15, 0.2) is 18.5 Å². The zero-order valence-corrected chi connectivity index (χ0v) is 8.21. The minimum absolute atomic E-state index is 0.339. The van der Waals surface area contributed by atoms with Crippen molar-refractivity contribution in [3.63, 3.8) is 0 Å². The summed E-state index contributed by atoms with van der Waals surface area (Å²) in [6, 6.07) is 1.41. The van der Waals surface area contributed by atoms with Crippen molar-refractivity contribution >= 4 is 11.0 Å². The third kappa shape index (κ3) is 1.35. The van der Waals surface area contributed by atoms with E-state index in [1.165, 1.54) is 12.3 Å². The second-order valence-corrected chi connectivity index (χ2v) is 3.28. The number of hydrogen-bond donors (Lipinski definition) is 0. The van der Waals surface area contributed by atoms with Crippen LogP contribution in [0.1, 0.15) is 18.1 Å². The van der Waals surface area contributed by atoms with Gasteiger partial charge in [-0.1, -0.05) is 6.92 Å². The van der Waals surface area contributed by atoms with Crippen LogP contribution in [-0.2, 0) is 6.42 Å². The first kappa shape index (κ1) is 9.06. The van der Waals surface area contributed by atoms with Crippen LogP contribution in [0.4, 0.5) is 4.39 Å². The Hall–Kier alpha value is -1.51. The van der Waals surface area contributed by atoms with E-state index >= 15 is 0 Å². The number of aromatic nitrogens is 2. The van der Waals surface area contributed by atoms with E-state index in [2.05, 4.69) is 16.9 Å². The van der Waals surface area contributed by atoms with E-state index in [0.717, 1.165) is 23.1 Å². The number of rotatable bonds is 1. The van der Waals surface area contributed by atoms with Gasteiger partial charge < -0.3 is 0 Å². The minimum Gasteiger partial charge on any atom is -0.254 e. The largest absolute Gasteiger partial charge is 0.254 e. The summed E-state index contributed by atoms with van der Waals surface area (Å²) in [5.74, 6) is -0.339. The van der Waals surface area contributed by atoms with Crippen molar-refractivity contribution < 1.29 is 4.39 Å². The molecule has 14 heavy (non-hydrogen) atoms. The third-order valence-electron chi connectivity index (χ3n) is 2.41. The van der Waals surface area contributed by atoms with E-state index in [1.807, 2.05) is 6.92 Å². The van der Waals surface area contributed by atoms with Crippen molar-refractivity contribution in [3.05, 3.63) is 35.4 Å². The van der Waals surface area contributed by atoms with Gasteiger partial charge in [-0.2, -0.15) is 0 Å². The molecule has 2 aromatic heterocycles. The van der Waals surface area contributed by atoms with E-state index < -0.39 is 0 Å². The average molecular weight is 190 g/mol. The molecule has 2 heterocycles. The lowest BCUT2D eigenvalue weighted by Crippen LogP contribution is -1.94. The zero-order chi connectivity index (χ0) is 10.1. The van der Waals surface area contributed by atoms with Crippen molar-refractivity contribution in [3.8, 4) is 0 Å². The summed E-state index contributed by atoms with van der Waals surface area (Å²) in [7, 11) is 0. The van der Waals surface area contributed by atoms with Crippen LogP contribution >= 0.6 is 0 Å². The van der Waals surface area contributed by atoms with Gasteiger partial charge in [0.25, 0.3) is 0 Å². The van der Waals surface area contributed by atoms with Crippen LogP contribution in [0, 0.1) is 12.7 Å². The van der Waals surface area contributed by atoms with Gasteiger partial charge in [0.05, 0.1) is 17.2 Å². The molecule has 72 valence electrons. The van der Waals surface area contributed by atoms with Gasteiger partial charge in [-0.3, -0.25) is 9.97 Å². The van der Waals surface area contributed by atoms with E-state index in [-0.39, 0.29) is 5.82 Å². The molecule has 0 aromatic carbocycles. The van der Waals surface area contributed by atoms with Crippen molar-refractivity contribution in [2.45, 2.75) is 20.3 Å². The number of fused-ring (bicyclic) bond motifs is 1. The quantitative estimate of drug-likeness (QED) is 0.690. The average Bonchev–Trinajstić information content (AvgIpc) is 2.18. The monoisotopic (exact) mass is 190 g/mol. The van der Waals surface area contributed by atoms with E-state index in [4.69, 9.17) is 0 Å². The summed E-state index contributed by atoms with van der Waals surface area (Å²) in [6.45, 7) is 4.06.